The quantitative estimate of drug-likeness (QED) is 0.876. The summed E-state index contributed by atoms with van der Waals surface area (Å²) in [6.07, 6.45) is 0.252. The van der Waals surface area contributed by atoms with E-state index >= 15 is 0 Å². The van der Waals surface area contributed by atoms with Gasteiger partial charge in [0.25, 0.3) is 5.91 Å². The maximum absolute atomic E-state index is 12.6. The average Bonchev–Trinajstić information content (AvgIpc) is 2.98. The third kappa shape index (κ3) is 4.07. The van der Waals surface area contributed by atoms with Gasteiger partial charge in [-0.3, -0.25) is 4.79 Å². The highest BCUT2D eigenvalue weighted by Crippen LogP contribution is 2.22. The second-order valence-electron chi connectivity index (χ2n) is 5.77. The van der Waals surface area contributed by atoms with Gasteiger partial charge in [0.1, 0.15) is 6.10 Å². The number of ether oxygens (including phenoxy) is 1. The summed E-state index contributed by atoms with van der Waals surface area (Å²) in [6, 6.07) is 8.08. The highest BCUT2D eigenvalue weighted by atomic mass is 16.5. The fourth-order valence-electron chi connectivity index (χ4n) is 2.66. The van der Waals surface area contributed by atoms with Gasteiger partial charge in [-0.1, -0.05) is 36.8 Å². The van der Waals surface area contributed by atoms with Crippen LogP contribution in [0.3, 0.4) is 0 Å². The molecule has 2 unspecified atom stereocenters. The Hall–Kier alpha value is -1.88. The Morgan fingerprint density at radius 2 is 1.86 bits per heavy atom. The topological polar surface area (TPSA) is 66.8 Å². The normalized spacial score (nSPS) is 20.8. The van der Waals surface area contributed by atoms with Crippen LogP contribution in [0.4, 0.5) is 0 Å². The minimum atomic E-state index is -0.990. The molecule has 22 heavy (non-hydrogen) atoms. The molecule has 1 aromatic rings. The molecule has 1 heterocycles. The highest BCUT2D eigenvalue weighted by molar-refractivity contribution is 5.82. The van der Waals surface area contributed by atoms with Crippen LogP contribution in [-0.4, -0.2) is 40.6 Å². The second-order valence-corrected chi connectivity index (χ2v) is 5.77. The molecule has 5 heteroatoms. The zero-order chi connectivity index (χ0) is 16.1. The van der Waals surface area contributed by atoms with Crippen LogP contribution in [0.5, 0.6) is 0 Å². The lowest BCUT2D eigenvalue weighted by Crippen LogP contribution is -2.39. The van der Waals surface area contributed by atoms with E-state index in [0.717, 1.165) is 12.0 Å². The van der Waals surface area contributed by atoms with Crippen molar-refractivity contribution in [3.05, 3.63) is 35.4 Å². The van der Waals surface area contributed by atoms with Gasteiger partial charge >= 0.3 is 5.97 Å². The number of aryl methyl sites for hydroxylation is 1. The van der Waals surface area contributed by atoms with E-state index in [4.69, 9.17) is 9.84 Å². The van der Waals surface area contributed by atoms with Crippen LogP contribution in [0.25, 0.3) is 0 Å². The van der Waals surface area contributed by atoms with Crippen molar-refractivity contribution in [1.29, 1.82) is 0 Å². The second kappa shape index (κ2) is 7.40. The van der Waals surface area contributed by atoms with Crippen molar-refractivity contribution >= 4 is 11.9 Å². The largest absolute Gasteiger partial charge is 0.479 e. The van der Waals surface area contributed by atoms with Crippen LogP contribution < -0.4 is 0 Å². The summed E-state index contributed by atoms with van der Waals surface area (Å²) in [4.78, 5) is 25.3. The molecule has 0 aromatic heterocycles. The third-order valence-electron chi connectivity index (χ3n) is 3.87. The van der Waals surface area contributed by atoms with E-state index in [0.29, 0.717) is 25.9 Å². The van der Waals surface area contributed by atoms with Gasteiger partial charge in [-0.15, -0.1) is 0 Å². The number of rotatable bonds is 6. The number of amides is 1. The Labute approximate surface area is 130 Å². The van der Waals surface area contributed by atoms with Gasteiger partial charge in [-0.2, -0.15) is 0 Å². The smallest absolute Gasteiger partial charge is 0.332 e. The molecule has 1 aliphatic heterocycles. The first-order chi connectivity index (χ1) is 10.5. The van der Waals surface area contributed by atoms with Crippen LogP contribution in [0.2, 0.25) is 0 Å². The number of nitrogens with zero attached hydrogens (tertiary/aromatic N) is 1. The Kier molecular flexibility index (Phi) is 5.55. The molecule has 1 fully saturated rings. The molecule has 1 amide bonds. The molecule has 2 atom stereocenters. The van der Waals surface area contributed by atoms with E-state index in [9.17, 15) is 9.59 Å². The molecule has 0 bridgehead atoms. The Balaban J connectivity index is 2.02. The molecule has 0 spiro atoms. The maximum atomic E-state index is 12.6. The molecule has 1 N–H and O–H groups in total. The monoisotopic (exact) mass is 305 g/mol. The van der Waals surface area contributed by atoms with Crippen molar-refractivity contribution in [2.45, 2.75) is 51.9 Å². The van der Waals surface area contributed by atoms with Crippen LogP contribution in [0.15, 0.2) is 24.3 Å². The lowest BCUT2D eigenvalue weighted by molar-refractivity contribution is -0.155. The van der Waals surface area contributed by atoms with E-state index in [1.165, 1.54) is 5.56 Å². The first-order valence-electron chi connectivity index (χ1n) is 7.74. The summed E-state index contributed by atoms with van der Waals surface area (Å²) >= 11 is 0. The van der Waals surface area contributed by atoms with E-state index in [2.05, 4.69) is 0 Å². The number of hydrogen-bond donors (Lipinski definition) is 1. The number of benzene rings is 1. The SMILES string of the molecule is CCCN(Cc1ccc(C)cc1)C(=O)C1CCC(C(=O)O)O1. The summed E-state index contributed by atoms with van der Waals surface area (Å²) in [7, 11) is 0. The van der Waals surface area contributed by atoms with Gasteiger partial charge in [0.15, 0.2) is 6.10 Å². The van der Waals surface area contributed by atoms with Crippen molar-refractivity contribution in [2.75, 3.05) is 6.54 Å². The summed E-state index contributed by atoms with van der Waals surface area (Å²) in [5.41, 5.74) is 2.25. The van der Waals surface area contributed by atoms with Crippen molar-refractivity contribution in [3.8, 4) is 0 Å². The molecule has 2 rings (SSSR count). The molecule has 5 nitrogen and oxygen atoms in total. The first kappa shape index (κ1) is 16.5. The predicted molar refractivity (Wildman–Crippen MR) is 82.4 cm³/mol. The molecular weight excluding hydrogens is 282 g/mol. The van der Waals surface area contributed by atoms with Crippen molar-refractivity contribution in [2.24, 2.45) is 0 Å². The summed E-state index contributed by atoms with van der Waals surface area (Å²) in [5, 5.41) is 8.97. The minimum Gasteiger partial charge on any atom is -0.479 e. The van der Waals surface area contributed by atoms with Gasteiger partial charge in [0, 0.05) is 13.1 Å². The number of carbonyl (C=O) groups is 2. The summed E-state index contributed by atoms with van der Waals surface area (Å²) < 4.78 is 5.38. The number of hydrogen-bond acceptors (Lipinski definition) is 3. The Morgan fingerprint density at radius 3 is 2.41 bits per heavy atom. The van der Waals surface area contributed by atoms with E-state index in [1.54, 1.807) is 4.90 Å². The molecular formula is C17H23NO4. The summed E-state index contributed by atoms with van der Waals surface area (Å²) in [6.45, 7) is 5.22. The highest BCUT2D eigenvalue weighted by Gasteiger charge is 2.36. The van der Waals surface area contributed by atoms with Crippen LogP contribution in [0.1, 0.15) is 37.3 Å². The zero-order valence-electron chi connectivity index (χ0n) is 13.1. The number of carboxylic acid groups (broad SMARTS) is 1. The van der Waals surface area contributed by atoms with Crippen molar-refractivity contribution in [1.82, 2.24) is 4.90 Å². The van der Waals surface area contributed by atoms with Crippen LogP contribution in [0, 0.1) is 6.92 Å². The molecule has 0 aliphatic carbocycles. The van der Waals surface area contributed by atoms with Crippen LogP contribution in [-0.2, 0) is 20.9 Å². The first-order valence-corrected chi connectivity index (χ1v) is 7.74. The predicted octanol–water partition coefficient (Wildman–Crippen LogP) is 2.37. The van der Waals surface area contributed by atoms with Crippen molar-refractivity contribution in [3.63, 3.8) is 0 Å². The molecule has 1 aliphatic rings. The summed E-state index contributed by atoms with van der Waals surface area (Å²) in [5.74, 6) is -1.10. The fraction of sp³-hybridized carbons (Fsp3) is 0.529. The minimum absolute atomic E-state index is 0.105. The van der Waals surface area contributed by atoms with Gasteiger partial charge in [-0.25, -0.2) is 4.79 Å². The van der Waals surface area contributed by atoms with E-state index < -0.39 is 18.2 Å². The Morgan fingerprint density at radius 1 is 1.23 bits per heavy atom. The standard InChI is InChI=1S/C17H23NO4/c1-3-10-18(11-13-6-4-12(2)5-7-13)16(19)14-8-9-15(22-14)17(20)21/h4-7,14-15H,3,8-11H2,1-2H3,(H,20,21). The molecule has 1 aromatic carbocycles. The number of carboxylic acids is 1. The lowest BCUT2D eigenvalue weighted by Gasteiger charge is -2.25. The van der Waals surface area contributed by atoms with E-state index in [1.807, 2.05) is 38.1 Å². The fourth-order valence-corrected chi connectivity index (χ4v) is 2.66. The van der Waals surface area contributed by atoms with Gasteiger partial charge in [-0.05, 0) is 31.7 Å². The molecule has 120 valence electrons. The number of aliphatic carboxylic acids is 1. The van der Waals surface area contributed by atoms with Gasteiger partial charge in [0.2, 0.25) is 0 Å². The molecule has 1 saturated heterocycles. The third-order valence-corrected chi connectivity index (χ3v) is 3.87. The van der Waals surface area contributed by atoms with Gasteiger partial charge < -0.3 is 14.7 Å². The average molecular weight is 305 g/mol. The lowest BCUT2D eigenvalue weighted by atomic mass is 10.1. The maximum Gasteiger partial charge on any atom is 0.332 e. The van der Waals surface area contributed by atoms with Crippen LogP contribution >= 0.6 is 0 Å². The Bertz CT molecular complexity index is 526. The van der Waals surface area contributed by atoms with Crippen molar-refractivity contribution < 1.29 is 19.4 Å². The molecule has 0 saturated carbocycles. The molecule has 0 radical (unpaired) electrons. The zero-order valence-corrected chi connectivity index (χ0v) is 13.1. The number of carbonyl (C=O) groups excluding carboxylic acids is 1. The van der Waals surface area contributed by atoms with E-state index in [-0.39, 0.29) is 5.91 Å². The van der Waals surface area contributed by atoms with Gasteiger partial charge in [0.05, 0.1) is 0 Å².